The van der Waals surface area contributed by atoms with Crippen LogP contribution in [-0.2, 0) is 28.6 Å². The topological polar surface area (TPSA) is 78.9 Å². The molecule has 6 heteroatoms. The maximum absolute atomic E-state index is 12.8. The first-order valence-corrected chi connectivity index (χ1v) is 27.8. The number of ether oxygens (including phenoxy) is 3. The number of allylic oxidation sites excluding steroid dienone is 10. The first kappa shape index (κ1) is 62.1. The maximum Gasteiger partial charge on any atom is 0.306 e. The molecule has 1 atom stereocenters. The van der Waals surface area contributed by atoms with Crippen LogP contribution in [0.25, 0.3) is 0 Å². The van der Waals surface area contributed by atoms with Gasteiger partial charge in [0, 0.05) is 19.3 Å². The highest BCUT2D eigenvalue weighted by atomic mass is 16.6. The van der Waals surface area contributed by atoms with E-state index in [1.807, 2.05) is 30.4 Å². The van der Waals surface area contributed by atoms with Crippen LogP contribution >= 0.6 is 0 Å². The third-order valence-corrected chi connectivity index (χ3v) is 12.1. The Morgan fingerprint density at radius 3 is 1.00 bits per heavy atom. The van der Waals surface area contributed by atoms with Crippen molar-refractivity contribution in [3.8, 4) is 0 Å². The molecule has 0 saturated carbocycles. The molecule has 0 fully saturated rings. The molecule has 0 aliphatic rings. The Morgan fingerprint density at radius 2 is 0.615 bits per heavy atom. The third kappa shape index (κ3) is 51.9. The molecule has 0 aliphatic heterocycles. The van der Waals surface area contributed by atoms with Crippen molar-refractivity contribution in [2.45, 2.75) is 284 Å². The second kappa shape index (κ2) is 53.7. The van der Waals surface area contributed by atoms with Crippen molar-refractivity contribution in [3.63, 3.8) is 0 Å². The van der Waals surface area contributed by atoms with Gasteiger partial charge < -0.3 is 14.2 Å². The highest BCUT2D eigenvalue weighted by Gasteiger charge is 2.19. The minimum atomic E-state index is -0.791. The van der Waals surface area contributed by atoms with Crippen LogP contribution in [0.1, 0.15) is 278 Å². The van der Waals surface area contributed by atoms with Gasteiger partial charge in [0.1, 0.15) is 13.2 Å². The molecule has 0 N–H and O–H groups in total. The fraction of sp³-hybridized carbons (Fsp3) is 0.780. The molecule has 0 aromatic rings. The highest BCUT2D eigenvalue weighted by molar-refractivity contribution is 5.71. The van der Waals surface area contributed by atoms with Gasteiger partial charge in [-0.2, -0.15) is 0 Å². The van der Waals surface area contributed by atoms with Gasteiger partial charge >= 0.3 is 17.9 Å². The molecule has 6 nitrogen and oxygen atoms in total. The van der Waals surface area contributed by atoms with Crippen molar-refractivity contribution in [3.05, 3.63) is 60.8 Å². The molecule has 0 saturated heterocycles. The second-order valence-electron chi connectivity index (χ2n) is 18.6. The number of esters is 3. The fourth-order valence-corrected chi connectivity index (χ4v) is 7.92. The zero-order chi connectivity index (χ0) is 47.2. The van der Waals surface area contributed by atoms with Gasteiger partial charge in [0.25, 0.3) is 0 Å². The molecule has 0 aromatic heterocycles. The van der Waals surface area contributed by atoms with E-state index in [2.05, 4.69) is 51.2 Å². The Kier molecular flexibility index (Phi) is 51.3. The summed E-state index contributed by atoms with van der Waals surface area (Å²) in [7, 11) is 0. The van der Waals surface area contributed by atoms with E-state index in [-0.39, 0.29) is 31.1 Å². The molecule has 0 rings (SSSR count). The number of hydrogen-bond acceptors (Lipinski definition) is 6. The zero-order valence-electron chi connectivity index (χ0n) is 43.0. The van der Waals surface area contributed by atoms with Crippen molar-refractivity contribution >= 4 is 17.9 Å². The monoisotopic (exact) mass is 909 g/mol. The van der Waals surface area contributed by atoms with Crippen LogP contribution < -0.4 is 0 Å². The Bertz CT molecular complexity index is 1180. The molecule has 0 spiro atoms. The van der Waals surface area contributed by atoms with Crippen molar-refractivity contribution in [1.82, 2.24) is 0 Å². The van der Waals surface area contributed by atoms with Crippen molar-refractivity contribution < 1.29 is 28.6 Å². The predicted molar refractivity (Wildman–Crippen MR) is 279 cm³/mol. The molecule has 65 heavy (non-hydrogen) atoms. The lowest BCUT2D eigenvalue weighted by Gasteiger charge is -2.18. The summed E-state index contributed by atoms with van der Waals surface area (Å²) in [5.74, 6) is -0.926. The lowest BCUT2D eigenvalue weighted by molar-refractivity contribution is -0.167. The number of carbonyl (C=O) groups excluding carboxylic acids is 3. The summed E-state index contributed by atoms with van der Waals surface area (Å²) >= 11 is 0. The minimum Gasteiger partial charge on any atom is -0.462 e. The average molecular weight is 909 g/mol. The molecule has 0 amide bonds. The maximum atomic E-state index is 12.8. The summed E-state index contributed by atoms with van der Waals surface area (Å²) in [5, 5.41) is 0. The summed E-state index contributed by atoms with van der Waals surface area (Å²) in [5.41, 5.74) is 0. The van der Waals surface area contributed by atoms with Crippen LogP contribution in [0.4, 0.5) is 0 Å². The summed E-state index contributed by atoms with van der Waals surface area (Å²) in [4.78, 5) is 38.1. The SMILES string of the molecule is CC/C=C/C=C/C=C/C=C/CCCCCC(=O)OCC(COC(=O)CCCCCCC/C=C/CCCCCCCCCCC)OC(=O)CCCCCCCCCCCCCCCCCC. The fourth-order valence-electron chi connectivity index (χ4n) is 7.92. The van der Waals surface area contributed by atoms with Gasteiger partial charge in [0.15, 0.2) is 6.10 Å². The van der Waals surface area contributed by atoms with Gasteiger partial charge in [-0.1, -0.05) is 255 Å². The number of rotatable bonds is 50. The van der Waals surface area contributed by atoms with E-state index in [1.165, 1.54) is 161 Å². The Balaban J connectivity index is 4.39. The summed E-state index contributed by atoms with van der Waals surface area (Å²) in [6.45, 7) is 6.48. The van der Waals surface area contributed by atoms with Crippen LogP contribution in [-0.4, -0.2) is 37.2 Å². The Hall–Kier alpha value is -2.89. The van der Waals surface area contributed by atoms with Crippen LogP contribution in [0.5, 0.6) is 0 Å². The molecular formula is C59H104O6. The van der Waals surface area contributed by atoms with Gasteiger partial charge in [-0.25, -0.2) is 0 Å². The van der Waals surface area contributed by atoms with Crippen molar-refractivity contribution in [2.75, 3.05) is 13.2 Å². The van der Waals surface area contributed by atoms with Gasteiger partial charge in [-0.05, 0) is 64.2 Å². The molecule has 1 unspecified atom stereocenters. The van der Waals surface area contributed by atoms with Crippen molar-refractivity contribution in [1.29, 1.82) is 0 Å². The molecule has 0 bridgehead atoms. The number of hydrogen-bond donors (Lipinski definition) is 0. The Labute approximate surface area is 402 Å². The predicted octanol–water partition coefficient (Wildman–Crippen LogP) is 18.4. The van der Waals surface area contributed by atoms with Gasteiger partial charge in [-0.3, -0.25) is 14.4 Å². The van der Waals surface area contributed by atoms with E-state index in [0.717, 1.165) is 77.0 Å². The number of carbonyl (C=O) groups is 3. The van der Waals surface area contributed by atoms with Crippen molar-refractivity contribution in [2.24, 2.45) is 0 Å². The lowest BCUT2D eigenvalue weighted by Crippen LogP contribution is -2.30. The van der Waals surface area contributed by atoms with Crippen LogP contribution in [0.15, 0.2) is 60.8 Å². The number of unbranched alkanes of at least 4 members (excludes halogenated alkanes) is 32. The van der Waals surface area contributed by atoms with Gasteiger partial charge in [0.05, 0.1) is 0 Å². The van der Waals surface area contributed by atoms with E-state index < -0.39 is 6.10 Å². The zero-order valence-corrected chi connectivity index (χ0v) is 43.0. The summed E-state index contributed by atoms with van der Waals surface area (Å²) in [6.07, 6.45) is 66.4. The molecule has 0 radical (unpaired) electrons. The van der Waals surface area contributed by atoms with E-state index >= 15 is 0 Å². The van der Waals surface area contributed by atoms with E-state index in [9.17, 15) is 14.4 Å². The minimum absolute atomic E-state index is 0.0891. The van der Waals surface area contributed by atoms with Gasteiger partial charge in [-0.15, -0.1) is 0 Å². The van der Waals surface area contributed by atoms with E-state index in [0.29, 0.717) is 19.3 Å². The molecule has 0 aliphatic carbocycles. The highest BCUT2D eigenvalue weighted by Crippen LogP contribution is 2.16. The molecule has 376 valence electrons. The molecular weight excluding hydrogens is 805 g/mol. The van der Waals surface area contributed by atoms with E-state index in [4.69, 9.17) is 14.2 Å². The lowest BCUT2D eigenvalue weighted by atomic mass is 10.0. The normalized spacial score (nSPS) is 12.5. The molecule has 0 heterocycles. The Morgan fingerprint density at radius 1 is 0.323 bits per heavy atom. The quantitative estimate of drug-likeness (QED) is 0.0199. The van der Waals surface area contributed by atoms with E-state index in [1.54, 1.807) is 0 Å². The summed E-state index contributed by atoms with van der Waals surface area (Å²) in [6, 6.07) is 0. The molecule has 0 aromatic carbocycles. The standard InChI is InChI=1S/C59H104O6/c1-4-7-10-13-16-19-22-25-27-29-30-32-34-37-40-43-46-49-52-58(61)64-55-56(54-63-57(60)51-48-45-42-39-36-33-24-21-18-15-12-9-6-3)65-59(62)53-50-47-44-41-38-35-31-28-26-23-20-17-14-11-8-5-2/h9,12,15,18,21,24,30,32-33,36,56H,4-8,10-11,13-14,16-17,19-20,22-23,25-29,31,34-35,37-55H2,1-3H3/b12-9+,18-15+,24-21+,32-30+,36-33+. The van der Waals surface area contributed by atoms with Gasteiger partial charge in [0.2, 0.25) is 0 Å². The first-order chi connectivity index (χ1) is 32.0. The average Bonchev–Trinajstić information content (AvgIpc) is 3.30. The first-order valence-electron chi connectivity index (χ1n) is 27.8. The smallest absolute Gasteiger partial charge is 0.306 e. The van der Waals surface area contributed by atoms with Crippen LogP contribution in [0.3, 0.4) is 0 Å². The summed E-state index contributed by atoms with van der Waals surface area (Å²) < 4.78 is 16.8. The third-order valence-electron chi connectivity index (χ3n) is 12.1. The van der Waals surface area contributed by atoms with Crippen LogP contribution in [0.2, 0.25) is 0 Å². The largest absolute Gasteiger partial charge is 0.462 e. The van der Waals surface area contributed by atoms with Crippen LogP contribution in [0, 0.1) is 0 Å². The second-order valence-corrected chi connectivity index (χ2v) is 18.6.